The number of halogens is 1. The van der Waals surface area contributed by atoms with Gasteiger partial charge in [-0.3, -0.25) is 4.98 Å². The van der Waals surface area contributed by atoms with Gasteiger partial charge >= 0.3 is 0 Å². The Morgan fingerprint density at radius 3 is 2.60 bits per heavy atom. The third-order valence-electron chi connectivity index (χ3n) is 3.66. The van der Waals surface area contributed by atoms with Crippen LogP contribution in [0.3, 0.4) is 0 Å². The minimum Gasteiger partial charge on any atom is -0.320 e. The highest BCUT2D eigenvalue weighted by molar-refractivity contribution is 9.10. The van der Waals surface area contributed by atoms with E-state index in [9.17, 15) is 0 Å². The number of rotatable bonds is 2. The summed E-state index contributed by atoms with van der Waals surface area (Å²) in [6, 6.07) is 16.1. The number of aromatic nitrogens is 1. The Kier molecular flexibility index (Phi) is 3.55. The van der Waals surface area contributed by atoms with Crippen LogP contribution in [0.4, 0.5) is 0 Å². The Morgan fingerprint density at radius 2 is 1.75 bits per heavy atom. The first-order chi connectivity index (χ1) is 9.68. The molecule has 0 saturated carbocycles. The third kappa shape index (κ3) is 2.23. The number of benzene rings is 2. The molecule has 0 spiro atoms. The summed E-state index contributed by atoms with van der Waals surface area (Å²) in [5.41, 5.74) is 10.9. The van der Waals surface area contributed by atoms with Crippen molar-refractivity contribution in [2.75, 3.05) is 0 Å². The second-order valence-corrected chi connectivity index (χ2v) is 5.70. The zero-order valence-electron chi connectivity index (χ0n) is 11.2. The third-order valence-corrected chi connectivity index (χ3v) is 4.52. The summed E-state index contributed by atoms with van der Waals surface area (Å²) < 4.78 is 1.09. The average Bonchev–Trinajstić information content (AvgIpc) is 2.49. The van der Waals surface area contributed by atoms with Crippen LogP contribution >= 0.6 is 15.9 Å². The van der Waals surface area contributed by atoms with E-state index in [0.717, 1.165) is 26.5 Å². The molecule has 20 heavy (non-hydrogen) atoms. The van der Waals surface area contributed by atoms with Crippen LogP contribution in [0.15, 0.2) is 59.2 Å². The van der Waals surface area contributed by atoms with Crippen molar-refractivity contribution in [1.82, 2.24) is 4.98 Å². The van der Waals surface area contributed by atoms with Gasteiger partial charge in [-0.25, -0.2) is 0 Å². The van der Waals surface area contributed by atoms with Gasteiger partial charge in [0.2, 0.25) is 0 Å². The molecular weight excluding hydrogens is 312 g/mol. The lowest BCUT2D eigenvalue weighted by Gasteiger charge is -2.18. The summed E-state index contributed by atoms with van der Waals surface area (Å²) >= 11 is 3.57. The minimum absolute atomic E-state index is 0.152. The molecule has 2 nitrogen and oxygen atoms in total. The van der Waals surface area contributed by atoms with Crippen LogP contribution in [0.25, 0.3) is 10.9 Å². The van der Waals surface area contributed by atoms with E-state index in [0.29, 0.717) is 0 Å². The van der Waals surface area contributed by atoms with Crippen LogP contribution < -0.4 is 5.73 Å². The Hall–Kier alpha value is -1.71. The lowest BCUT2D eigenvalue weighted by molar-refractivity contribution is 0.868. The fourth-order valence-electron chi connectivity index (χ4n) is 2.53. The predicted octanol–water partition coefficient (Wildman–Crippen LogP) is 4.35. The van der Waals surface area contributed by atoms with E-state index in [1.165, 1.54) is 5.56 Å². The molecule has 0 amide bonds. The van der Waals surface area contributed by atoms with E-state index in [-0.39, 0.29) is 6.04 Å². The Balaban J connectivity index is 2.18. The van der Waals surface area contributed by atoms with Gasteiger partial charge in [-0.05, 0) is 41.8 Å². The SMILES string of the molecule is Cc1c(Br)cccc1C(N)c1cccc2ncccc12. The first-order valence-corrected chi connectivity index (χ1v) is 7.32. The van der Waals surface area contributed by atoms with Crippen LogP contribution in [0, 0.1) is 6.92 Å². The molecule has 0 aliphatic carbocycles. The maximum absolute atomic E-state index is 6.50. The zero-order chi connectivity index (χ0) is 14.1. The van der Waals surface area contributed by atoms with Gasteiger partial charge in [-0.2, -0.15) is 0 Å². The minimum atomic E-state index is -0.152. The van der Waals surface area contributed by atoms with Crippen molar-refractivity contribution in [3.05, 3.63) is 75.9 Å². The van der Waals surface area contributed by atoms with E-state index in [4.69, 9.17) is 5.73 Å². The van der Waals surface area contributed by atoms with Crippen molar-refractivity contribution in [2.45, 2.75) is 13.0 Å². The predicted molar refractivity (Wildman–Crippen MR) is 86.7 cm³/mol. The van der Waals surface area contributed by atoms with Crippen molar-refractivity contribution < 1.29 is 0 Å². The lowest BCUT2D eigenvalue weighted by atomic mass is 9.93. The maximum atomic E-state index is 6.50. The van der Waals surface area contributed by atoms with Gasteiger partial charge in [0.15, 0.2) is 0 Å². The van der Waals surface area contributed by atoms with E-state index >= 15 is 0 Å². The molecule has 0 saturated heterocycles. The number of nitrogens with two attached hydrogens (primary N) is 1. The van der Waals surface area contributed by atoms with Crippen molar-refractivity contribution in [1.29, 1.82) is 0 Å². The van der Waals surface area contributed by atoms with Crippen molar-refractivity contribution >= 4 is 26.8 Å². The molecule has 2 aromatic carbocycles. The van der Waals surface area contributed by atoms with Crippen LogP contribution in [-0.2, 0) is 0 Å². The van der Waals surface area contributed by atoms with Crippen molar-refractivity contribution in [2.24, 2.45) is 5.73 Å². The van der Waals surface area contributed by atoms with Crippen LogP contribution in [0.2, 0.25) is 0 Å². The molecule has 3 rings (SSSR count). The molecule has 1 atom stereocenters. The summed E-state index contributed by atoms with van der Waals surface area (Å²) in [5.74, 6) is 0. The molecule has 0 bridgehead atoms. The summed E-state index contributed by atoms with van der Waals surface area (Å²) in [6.07, 6.45) is 1.81. The summed E-state index contributed by atoms with van der Waals surface area (Å²) in [5, 5.41) is 1.11. The van der Waals surface area contributed by atoms with Crippen molar-refractivity contribution in [3.8, 4) is 0 Å². The number of pyridine rings is 1. The number of fused-ring (bicyclic) bond motifs is 1. The quantitative estimate of drug-likeness (QED) is 0.760. The normalized spacial score (nSPS) is 12.6. The highest BCUT2D eigenvalue weighted by Crippen LogP contribution is 2.30. The second kappa shape index (κ2) is 5.35. The van der Waals surface area contributed by atoms with Crippen LogP contribution in [0.5, 0.6) is 0 Å². The highest BCUT2D eigenvalue weighted by Gasteiger charge is 2.15. The van der Waals surface area contributed by atoms with E-state index in [1.54, 1.807) is 0 Å². The Bertz CT molecular complexity index is 763. The standard InChI is InChI=1S/C17H15BrN2/c1-11-12(5-2-8-15(11)18)17(19)14-6-3-9-16-13(14)7-4-10-20-16/h2-10,17H,19H2,1H3. The van der Waals surface area contributed by atoms with Crippen molar-refractivity contribution in [3.63, 3.8) is 0 Å². The largest absolute Gasteiger partial charge is 0.320 e. The molecule has 0 fully saturated rings. The van der Waals surface area contributed by atoms with Gasteiger partial charge in [-0.1, -0.05) is 46.3 Å². The van der Waals surface area contributed by atoms with Gasteiger partial charge < -0.3 is 5.73 Å². The molecule has 1 heterocycles. The smallest absolute Gasteiger partial charge is 0.0705 e. The molecule has 1 unspecified atom stereocenters. The molecule has 0 aliphatic rings. The average molecular weight is 327 g/mol. The molecule has 0 aliphatic heterocycles. The first-order valence-electron chi connectivity index (χ1n) is 6.52. The highest BCUT2D eigenvalue weighted by atomic mass is 79.9. The topological polar surface area (TPSA) is 38.9 Å². The van der Waals surface area contributed by atoms with Gasteiger partial charge in [-0.15, -0.1) is 0 Å². The number of hydrogen-bond donors (Lipinski definition) is 1. The maximum Gasteiger partial charge on any atom is 0.0705 e. The van der Waals surface area contributed by atoms with E-state index < -0.39 is 0 Å². The summed E-state index contributed by atoms with van der Waals surface area (Å²) in [7, 11) is 0. The number of nitrogens with zero attached hydrogens (tertiary/aromatic N) is 1. The molecule has 3 heteroatoms. The zero-order valence-corrected chi connectivity index (χ0v) is 12.8. The monoisotopic (exact) mass is 326 g/mol. The molecule has 0 radical (unpaired) electrons. The lowest BCUT2D eigenvalue weighted by Crippen LogP contribution is -2.14. The summed E-state index contributed by atoms with van der Waals surface area (Å²) in [4.78, 5) is 4.39. The first kappa shape index (κ1) is 13.3. The fraction of sp³-hybridized carbons (Fsp3) is 0.118. The van der Waals surface area contributed by atoms with Crippen LogP contribution in [0.1, 0.15) is 22.7 Å². The fourth-order valence-corrected chi connectivity index (χ4v) is 2.91. The van der Waals surface area contributed by atoms with Gasteiger partial charge in [0, 0.05) is 16.1 Å². The molecule has 2 N–H and O–H groups in total. The summed E-state index contributed by atoms with van der Waals surface area (Å²) in [6.45, 7) is 2.09. The second-order valence-electron chi connectivity index (χ2n) is 4.85. The van der Waals surface area contributed by atoms with Gasteiger partial charge in [0.1, 0.15) is 0 Å². The Labute approximate surface area is 126 Å². The van der Waals surface area contributed by atoms with Crippen LogP contribution in [-0.4, -0.2) is 4.98 Å². The Morgan fingerprint density at radius 1 is 1.00 bits per heavy atom. The molecule has 3 aromatic rings. The van der Waals surface area contributed by atoms with Gasteiger partial charge in [0.25, 0.3) is 0 Å². The van der Waals surface area contributed by atoms with E-state index in [1.807, 2.05) is 36.5 Å². The molecular formula is C17H15BrN2. The number of hydrogen-bond acceptors (Lipinski definition) is 2. The van der Waals surface area contributed by atoms with E-state index in [2.05, 4.69) is 46.0 Å². The molecule has 1 aromatic heterocycles. The molecule has 100 valence electrons. The van der Waals surface area contributed by atoms with Gasteiger partial charge in [0.05, 0.1) is 11.6 Å².